The minimum Gasteiger partial charge on any atom is -0.232 e. The van der Waals surface area contributed by atoms with Crippen LogP contribution in [-0.4, -0.2) is 9.97 Å². The molecule has 8 heteroatoms. The number of nitrogens with zero attached hydrogens (tertiary/aromatic N) is 2. The highest BCUT2D eigenvalue weighted by Crippen LogP contribution is 2.38. The minimum atomic E-state index is -4.51. The number of aromatic nitrogens is 2. The first-order valence-corrected chi connectivity index (χ1v) is 7.79. The number of benzene rings is 1. The van der Waals surface area contributed by atoms with Crippen molar-refractivity contribution in [1.29, 1.82) is 0 Å². The topological polar surface area (TPSA) is 25.8 Å². The second-order valence-electron chi connectivity index (χ2n) is 4.14. The fourth-order valence-corrected chi connectivity index (χ4v) is 2.77. The average molecular weight is 444 g/mol. The van der Waals surface area contributed by atoms with Crippen LogP contribution < -0.4 is 0 Å². The van der Waals surface area contributed by atoms with E-state index in [9.17, 15) is 13.2 Å². The summed E-state index contributed by atoms with van der Waals surface area (Å²) in [4.78, 5) is 8.12. The molecule has 0 aliphatic carbocycles. The Hall–Kier alpha value is -0.660. The van der Waals surface area contributed by atoms with Gasteiger partial charge in [-0.3, -0.25) is 0 Å². The van der Waals surface area contributed by atoms with Gasteiger partial charge in [-0.25, -0.2) is 9.97 Å². The Morgan fingerprint density at radius 2 is 1.86 bits per heavy atom. The van der Waals surface area contributed by atoms with Crippen molar-refractivity contribution < 1.29 is 13.2 Å². The second kappa shape index (κ2) is 6.22. The molecule has 2 rings (SSSR count). The van der Waals surface area contributed by atoms with Crippen LogP contribution in [0.5, 0.6) is 0 Å². The van der Waals surface area contributed by atoms with Gasteiger partial charge < -0.3 is 0 Å². The molecule has 0 amide bonds. The lowest BCUT2D eigenvalue weighted by Crippen LogP contribution is -2.09. The lowest BCUT2D eigenvalue weighted by molar-refractivity contribution is -0.137. The summed E-state index contributed by atoms with van der Waals surface area (Å²) in [5.41, 5.74) is -0.354. The fourth-order valence-electron chi connectivity index (χ4n) is 1.76. The molecule has 0 atom stereocenters. The van der Waals surface area contributed by atoms with Gasteiger partial charge in [0.05, 0.1) is 15.7 Å². The van der Waals surface area contributed by atoms with Crippen LogP contribution in [0.1, 0.15) is 18.2 Å². The summed E-state index contributed by atoms with van der Waals surface area (Å²) in [5, 5.41) is 0.0906. The first kappa shape index (κ1) is 16.7. The standard InChI is InChI=1S/C13H8Br2ClF3N2/c1-2-9-10(15)11(16)21-12(20-9)7-4-3-6(14)5-8(7)13(17,18)19/h3-5H,2H2,1H3. The zero-order valence-corrected chi connectivity index (χ0v) is 14.5. The van der Waals surface area contributed by atoms with Crippen molar-refractivity contribution in [2.24, 2.45) is 0 Å². The van der Waals surface area contributed by atoms with Gasteiger partial charge in [-0.1, -0.05) is 34.5 Å². The monoisotopic (exact) mass is 442 g/mol. The third-order valence-corrected chi connectivity index (χ3v) is 4.57. The molecule has 0 radical (unpaired) electrons. The van der Waals surface area contributed by atoms with E-state index in [1.54, 1.807) is 0 Å². The Balaban J connectivity index is 2.70. The average Bonchev–Trinajstić information content (AvgIpc) is 2.40. The zero-order valence-electron chi connectivity index (χ0n) is 10.6. The highest BCUT2D eigenvalue weighted by atomic mass is 79.9. The molecule has 0 saturated heterocycles. The maximum atomic E-state index is 13.2. The highest BCUT2D eigenvalue weighted by molar-refractivity contribution is 9.10. The summed E-state index contributed by atoms with van der Waals surface area (Å²) in [6.07, 6.45) is -3.98. The van der Waals surface area contributed by atoms with E-state index in [4.69, 9.17) is 11.6 Å². The predicted octanol–water partition coefficient (Wildman–Crippen LogP) is 5.90. The van der Waals surface area contributed by atoms with E-state index < -0.39 is 11.7 Å². The van der Waals surface area contributed by atoms with Gasteiger partial charge in [0.2, 0.25) is 0 Å². The van der Waals surface area contributed by atoms with Gasteiger partial charge in [0.1, 0.15) is 5.15 Å². The van der Waals surface area contributed by atoms with Crippen molar-refractivity contribution in [2.75, 3.05) is 0 Å². The van der Waals surface area contributed by atoms with Crippen LogP contribution in [0.2, 0.25) is 5.15 Å². The largest absolute Gasteiger partial charge is 0.417 e. The molecule has 2 nitrogen and oxygen atoms in total. The first-order chi connectivity index (χ1) is 9.74. The Kier molecular flexibility index (Phi) is 4.95. The van der Waals surface area contributed by atoms with Crippen molar-refractivity contribution in [3.63, 3.8) is 0 Å². The van der Waals surface area contributed by atoms with E-state index in [0.29, 0.717) is 21.1 Å². The third kappa shape index (κ3) is 3.57. The normalized spacial score (nSPS) is 11.8. The van der Waals surface area contributed by atoms with E-state index in [1.165, 1.54) is 12.1 Å². The smallest absolute Gasteiger partial charge is 0.232 e. The summed E-state index contributed by atoms with van der Waals surface area (Å²) in [7, 11) is 0. The van der Waals surface area contributed by atoms with E-state index >= 15 is 0 Å². The molecule has 1 aromatic carbocycles. The highest BCUT2D eigenvalue weighted by Gasteiger charge is 2.34. The second-order valence-corrected chi connectivity index (χ2v) is 6.21. The number of aryl methyl sites for hydroxylation is 1. The van der Waals surface area contributed by atoms with Crippen LogP contribution in [0.15, 0.2) is 27.1 Å². The van der Waals surface area contributed by atoms with Crippen molar-refractivity contribution in [3.05, 3.63) is 43.6 Å². The quantitative estimate of drug-likeness (QED) is 0.539. The van der Waals surface area contributed by atoms with Gasteiger partial charge in [0.15, 0.2) is 5.82 Å². The van der Waals surface area contributed by atoms with Crippen LogP contribution in [0.4, 0.5) is 13.2 Å². The van der Waals surface area contributed by atoms with Crippen LogP contribution in [0.3, 0.4) is 0 Å². The lowest BCUT2D eigenvalue weighted by atomic mass is 10.1. The van der Waals surface area contributed by atoms with Crippen molar-refractivity contribution in [3.8, 4) is 11.4 Å². The maximum Gasteiger partial charge on any atom is 0.417 e. The van der Waals surface area contributed by atoms with E-state index in [-0.39, 0.29) is 16.5 Å². The molecule has 0 fully saturated rings. The summed E-state index contributed by atoms with van der Waals surface area (Å²) in [6.45, 7) is 1.83. The number of halogens is 6. The molecule has 2 aromatic rings. The summed E-state index contributed by atoms with van der Waals surface area (Å²) < 4.78 is 40.3. The van der Waals surface area contributed by atoms with Crippen molar-refractivity contribution >= 4 is 43.5 Å². The van der Waals surface area contributed by atoms with E-state index in [1.807, 2.05) is 6.92 Å². The van der Waals surface area contributed by atoms with Crippen LogP contribution in [0, 0.1) is 0 Å². The zero-order chi connectivity index (χ0) is 15.8. The molecule has 0 aliphatic rings. The SMILES string of the molecule is CCc1nc(-c2ccc(Br)cc2C(F)(F)F)nc(Cl)c1Br. The lowest BCUT2D eigenvalue weighted by Gasteiger charge is -2.14. The van der Waals surface area contributed by atoms with Gasteiger partial charge in [-0.15, -0.1) is 0 Å². The molecule has 1 aromatic heterocycles. The van der Waals surface area contributed by atoms with Crippen molar-refractivity contribution in [2.45, 2.75) is 19.5 Å². The Morgan fingerprint density at radius 3 is 2.43 bits per heavy atom. The summed E-state index contributed by atoms with van der Waals surface area (Å²) >= 11 is 12.2. The van der Waals surface area contributed by atoms with E-state index in [2.05, 4.69) is 41.8 Å². The Bertz CT molecular complexity index is 690. The molecule has 0 aliphatic heterocycles. The first-order valence-electron chi connectivity index (χ1n) is 5.83. The van der Waals surface area contributed by atoms with Gasteiger partial charge in [0.25, 0.3) is 0 Å². The van der Waals surface area contributed by atoms with Gasteiger partial charge >= 0.3 is 6.18 Å². The molecule has 0 saturated carbocycles. The van der Waals surface area contributed by atoms with E-state index in [0.717, 1.165) is 6.07 Å². The third-order valence-electron chi connectivity index (χ3n) is 2.74. The summed E-state index contributed by atoms with van der Waals surface area (Å²) in [6, 6.07) is 3.83. The number of hydrogen-bond acceptors (Lipinski definition) is 2. The molecule has 0 unspecified atom stereocenters. The molecule has 0 N–H and O–H groups in total. The molecular formula is C13H8Br2ClF3N2. The van der Waals surface area contributed by atoms with Crippen LogP contribution >= 0.6 is 43.5 Å². The van der Waals surface area contributed by atoms with Gasteiger partial charge in [-0.2, -0.15) is 13.2 Å². The predicted molar refractivity (Wildman–Crippen MR) is 82.3 cm³/mol. The molecule has 112 valence electrons. The fraction of sp³-hybridized carbons (Fsp3) is 0.231. The molecule has 1 heterocycles. The number of hydrogen-bond donors (Lipinski definition) is 0. The summed E-state index contributed by atoms with van der Waals surface area (Å²) in [5.74, 6) is -0.0418. The number of alkyl halides is 3. The molecule has 0 bridgehead atoms. The molecular weight excluding hydrogens is 436 g/mol. The van der Waals surface area contributed by atoms with Crippen molar-refractivity contribution in [1.82, 2.24) is 9.97 Å². The maximum absolute atomic E-state index is 13.2. The minimum absolute atomic E-state index is 0.0418. The van der Waals surface area contributed by atoms with Crippen LogP contribution in [-0.2, 0) is 12.6 Å². The number of rotatable bonds is 2. The molecule has 0 spiro atoms. The Morgan fingerprint density at radius 1 is 1.19 bits per heavy atom. The molecule has 21 heavy (non-hydrogen) atoms. The van der Waals surface area contributed by atoms with Gasteiger partial charge in [0, 0.05) is 10.0 Å². The van der Waals surface area contributed by atoms with Crippen LogP contribution in [0.25, 0.3) is 11.4 Å². The van der Waals surface area contributed by atoms with Gasteiger partial charge in [-0.05, 0) is 40.5 Å². The Labute approximate surface area is 141 Å².